The smallest absolute Gasteiger partial charge is 0.139 e. The number of halogens is 1. The molecule has 0 aliphatic heterocycles. The summed E-state index contributed by atoms with van der Waals surface area (Å²) in [5, 5.41) is 0.842. The van der Waals surface area contributed by atoms with Crippen molar-refractivity contribution in [1.29, 1.82) is 0 Å². The lowest BCUT2D eigenvalue weighted by Crippen LogP contribution is -2.48. The first-order chi connectivity index (χ1) is 9.95. The molecule has 0 N–H and O–H groups in total. The van der Waals surface area contributed by atoms with Gasteiger partial charge < -0.3 is 0 Å². The molecule has 0 radical (unpaired) electrons. The van der Waals surface area contributed by atoms with Gasteiger partial charge in [0.25, 0.3) is 0 Å². The van der Waals surface area contributed by atoms with Crippen molar-refractivity contribution in [1.82, 2.24) is 0 Å². The van der Waals surface area contributed by atoms with Crippen LogP contribution in [0.2, 0.25) is 0 Å². The zero-order chi connectivity index (χ0) is 14.8. The molecule has 4 rings (SSSR count). The maximum Gasteiger partial charge on any atom is 0.139 e. The van der Waals surface area contributed by atoms with E-state index < -0.39 is 0 Å². The highest BCUT2D eigenvalue weighted by Gasteiger charge is 2.57. The summed E-state index contributed by atoms with van der Waals surface area (Å²) in [6, 6.07) is 0. The van der Waals surface area contributed by atoms with E-state index in [1.165, 1.54) is 12.0 Å². The number of hydrogen-bond acceptors (Lipinski definition) is 1. The number of ketones is 1. The van der Waals surface area contributed by atoms with E-state index in [4.69, 9.17) is 11.6 Å². The second kappa shape index (κ2) is 4.35. The van der Waals surface area contributed by atoms with E-state index >= 15 is 0 Å². The lowest BCUT2D eigenvalue weighted by atomic mass is 9.50. The molecule has 0 heterocycles. The fourth-order valence-electron chi connectivity index (χ4n) is 5.71. The van der Waals surface area contributed by atoms with Crippen molar-refractivity contribution in [3.05, 3.63) is 34.9 Å². The Kier molecular flexibility index (Phi) is 2.86. The molecular formula is C19H23ClO. The Bertz CT molecular complexity index is 599. The van der Waals surface area contributed by atoms with Gasteiger partial charge in [-0.05, 0) is 61.2 Å². The first-order valence-electron chi connectivity index (χ1n) is 8.25. The van der Waals surface area contributed by atoms with Gasteiger partial charge in [-0.1, -0.05) is 37.6 Å². The Hall–Kier alpha value is -0.820. The van der Waals surface area contributed by atoms with Crippen LogP contribution in [0.1, 0.15) is 46.0 Å². The van der Waals surface area contributed by atoms with Crippen LogP contribution < -0.4 is 0 Å². The minimum atomic E-state index is -0.0330. The van der Waals surface area contributed by atoms with Crippen LogP contribution in [0.25, 0.3) is 0 Å². The summed E-state index contributed by atoms with van der Waals surface area (Å²) in [5.74, 6) is 2.44. The predicted molar refractivity (Wildman–Crippen MR) is 85.9 cm³/mol. The number of carbonyl (C=O) groups is 1. The Balaban J connectivity index is 1.75. The number of fused-ring (bicyclic) bond motifs is 5. The molecule has 0 aromatic carbocycles. The Labute approximate surface area is 132 Å². The highest BCUT2D eigenvalue weighted by atomic mass is 35.5. The summed E-state index contributed by atoms with van der Waals surface area (Å²) in [6.07, 6.45) is 14.2. The van der Waals surface area contributed by atoms with Gasteiger partial charge in [-0.3, -0.25) is 4.79 Å². The number of hydrogen-bond donors (Lipinski definition) is 0. The van der Waals surface area contributed by atoms with E-state index in [0.717, 1.165) is 30.7 Å². The maximum absolute atomic E-state index is 12.4. The van der Waals surface area contributed by atoms with Crippen LogP contribution in [-0.2, 0) is 4.79 Å². The maximum atomic E-state index is 12.4. The zero-order valence-corrected chi connectivity index (χ0v) is 13.6. The Morgan fingerprint density at radius 3 is 2.86 bits per heavy atom. The van der Waals surface area contributed by atoms with Crippen LogP contribution in [0.3, 0.4) is 0 Å². The summed E-state index contributed by atoms with van der Waals surface area (Å²) >= 11 is 6.19. The number of carbonyl (C=O) groups excluding carboxylic acids is 1. The number of Topliss-reactive ketones (excluding diaryl/α,β-unsaturated/α-hetero) is 1. The number of allylic oxidation sites excluding steroid dienone is 6. The molecule has 21 heavy (non-hydrogen) atoms. The molecule has 0 aromatic rings. The van der Waals surface area contributed by atoms with Crippen molar-refractivity contribution in [3.63, 3.8) is 0 Å². The van der Waals surface area contributed by atoms with Crippen LogP contribution in [0.15, 0.2) is 34.9 Å². The van der Waals surface area contributed by atoms with Gasteiger partial charge >= 0.3 is 0 Å². The molecular weight excluding hydrogens is 280 g/mol. The third kappa shape index (κ3) is 1.73. The highest BCUT2D eigenvalue weighted by molar-refractivity contribution is 6.31. The van der Waals surface area contributed by atoms with Crippen LogP contribution in [0, 0.1) is 28.6 Å². The summed E-state index contributed by atoms with van der Waals surface area (Å²) < 4.78 is 0. The van der Waals surface area contributed by atoms with Crippen molar-refractivity contribution in [2.75, 3.05) is 0 Å². The van der Waals surface area contributed by atoms with Gasteiger partial charge in [0.2, 0.25) is 0 Å². The predicted octanol–water partition coefficient (Wildman–Crippen LogP) is 5.03. The Morgan fingerprint density at radius 1 is 1.24 bits per heavy atom. The van der Waals surface area contributed by atoms with Gasteiger partial charge in [-0.2, -0.15) is 0 Å². The lowest BCUT2D eigenvalue weighted by Gasteiger charge is -2.54. The van der Waals surface area contributed by atoms with Crippen molar-refractivity contribution >= 4 is 17.4 Å². The summed E-state index contributed by atoms with van der Waals surface area (Å²) in [5.41, 5.74) is 1.48. The van der Waals surface area contributed by atoms with E-state index in [9.17, 15) is 4.79 Å². The monoisotopic (exact) mass is 302 g/mol. The molecule has 0 aromatic heterocycles. The summed E-state index contributed by atoms with van der Waals surface area (Å²) in [4.78, 5) is 12.4. The lowest BCUT2D eigenvalue weighted by molar-refractivity contribution is -0.131. The topological polar surface area (TPSA) is 17.1 Å². The Morgan fingerprint density at radius 2 is 2.05 bits per heavy atom. The minimum Gasteiger partial charge on any atom is -0.299 e. The third-order valence-electron chi connectivity index (χ3n) is 7.03. The van der Waals surface area contributed by atoms with E-state index in [1.54, 1.807) is 0 Å². The molecule has 2 saturated carbocycles. The minimum absolute atomic E-state index is 0.0330. The van der Waals surface area contributed by atoms with Gasteiger partial charge in [-0.15, -0.1) is 0 Å². The van der Waals surface area contributed by atoms with Crippen molar-refractivity contribution in [3.8, 4) is 0 Å². The molecule has 4 aliphatic rings. The van der Waals surface area contributed by atoms with E-state index in [1.807, 2.05) is 0 Å². The average Bonchev–Trinajstić information content (AvgIpc) is 2.76. The second-order valence-corrected chi connectivity index (χ2v) is 8.27. The molecule has 0 spiro atoms. The molecule has 5 atom stereocenters. The van der Waals surface area contributed by atoms with Crippen LogP contribution in [0.4, 0.5) is 0 Å². The molecule has 1 nitrogen and oxygen atoms in total. The van der Waals surface area contributed by atoms with Crippen molar-refractivity contribution < 1.29 is 4.79 Å². The van der Waals surface area contributed by atoms with Gasteiger partial charge in [0.05, 0.1) is 0 Å². The standard InChI is InChI=1S/C19H23ClO/c1-18-9-7-13(20)11-12(18)3-4-14-15-5-6-17(21)19(15,2)10-8-16(14)18/h3,7,9,11,14-16H,4-6,8,10H2,1-2H3/t14-,15-,16-,18-,19-/m0/s1. The molecule has 0 amide bonds. The first-order valence-corrected chi connectivity index (χ1v) is 8.63. The van der Waals surface area contributed by atoms with E-state index in [2.05, 4.69) is 38.2 Å². The van der Waals surface area contributed by atoms with Gasteiger partial charge in [0.1, 0.15) is 5.78 Å². The fourth-order valence-corrected chi connectivity index (χ4v) is 5.89. The van der Waals surface area contributed by atoms with Crippen LogP contribution in [0.5, 0.6) is 0 Å². The second-order valence-electron chi connectivity index (χ2n) is 7.84. The van der Waals surface area contributed by atoms with Crippen molar-refractivity contribution in [2.45, 2.75) is 46.0 Å². The quantitative estimate of drug-likeness (QED) is 0.613. The third-order valence-corrected chi connectivity index (χ3v) is 7.27. The van der Waals surface area contributed by atoms with Crippen LogP contribution in [-0.4, -0.2) is 5.78 Å². The van der Waals surface area contributed by atoms with Crippen LogP contribution >= 0.6 is 11.6 Å². The normalized spacial score (nSPS) is 48.1. The molecule has 0 saturated heterocycles. The molecule has 0 unspecified atom stereocenters. The molecule has 0 bridgehead atoms. The highest BCUT2D eigenvalue weighted by Crippen LogP contribution is 2.62. The molecule has 4 aliphatic carbocycles. The van der Waals surface area contributed by atoms with Gasteiger partial charge in [0.15, 0.2) is 0 Å². The SMILES string of the molecule is C[C@]12C=CC(Cl)=CC1=CC[C@@H]1[C@@H]2CC[C@]2(C)C(=O)CC[C@@H]12. The number of rotatable bonds is 0. The van der Waals surface area contributed by atoms with E-state index in [-0.39, 0.29) is 10.8 Å². The van der Waals surface area contributed by atoms with Gasteiger partial charge in [0, 0.05) is 22.3 Å². The summed E-state index contributed by atoms with van der Waals surface area (Å²) in [6.45, 7) is 4.60. The van der Waals surface area contributed by atoms with E-state index in [0.29, 0.717) is 23.5 Å². The molecule has 2 fully saturated rings. The largest absolute Gasteiger partial charge is 0.299 e. The fraction of sp³-hybridized carbons (Fsp3) is 0.632. The first kappa shape index (κ1) is 13.8. The summed E-state index contributed by atoms with van der Waals surface area (Å²) in [7, 11) is 0. The zero-order valence-electron chi connectivity index (χ0n) is 12.9. The molecule has 112 valence electrons. The van der Waals surface area contributed by atoms with Gasteiger partial charge in [-0.25, -0.2) is 0 Å². The van der Waals surface area contributed by atoms with Crippen molar-refractivity contribution in [2.24, 2.45) is 28.6 Å². The molecule has 2 heteroatoms. The average molecular weight is 303 g/mol.